The Morgan fingerprint density at radius 2 is 2.25 bits per heavy atom. The number of nitrogens with two attached hydrogens (primary N) is 1. The zero-order chi connectivity index (χ0) is 14.3. The zero-order valence-electron chi connectivity index (χ0n) is 11.8. The monoisotopic (exact) mass is 273 g/mol. The van der Waals surface area contributed by atoms with Crippen LogP contribution in [0.2, 0.25) is 0 Å². The second-order valence-electron chi connectivity index (χ2n) is 5.73. The molecule has 1 saturated carbocycles. The zero-order valence-corrected chi connectivity index (χ0v) is 11.8. The minimum Gasteiger partial charge on any atom is -0.350 e. The van der Waals surface area contributed by atoms with Gasteiger partial charge in [0.05, 0.1) is 6.20 Å². The number of nitrogens with one attached hydrogen (secondary N) is 1. The van der Waals surface area contributed by atoms with Gasteiger partial charge in [0.25, 0.3) is 5.91 Å². The maximum Gasteiger partial charge on any atom is 0.256 e. The lowest BCUT2D eigenvalue weighted by atomic mass is 9.78. The van der Waals surface area contributed by atoms with E-state index in [0.717, 1.165) is 30.7 Å². The Morgan fingerprint density at radius 1 is 1.50 bits per heavy atom. The number of aromatic nitrogens is 3. The Bertz CT molecular complexity index is 671. The summed E-state index contributed by atoms with van der Waals surface area (Å²) in [5.74, 6) is -0.158. The number of nitrogens with zero attached hydrogens (tertiary/aromatic N) is 3. The van der Waals surface area contributed by atoms with Crippen LogP contribution in [0.5, 0.6) is 0 Å². The van der Waals surface area contributed by atoms with E-state index >= 15 is 0 Å². The molecule has 2 aromatic heterocycles. The highest BCUT2D eigenvalue weighted by atomic mass is 16.1. The summed E-state index contributed by atoms with van der Waals surface area (Å²) in [4.78, 5) is 16.7. The van der Waals surface area contributed by atoms with Crippen molar-refractivity contribution in [2.24, 2.45) is 5.73 Å². The fourth-order valence-electron chi connectivity index (χ4n) is 2.59. The van der Waals surface area contributed by atoms with E-state index in [0.29, 0.717) is 17.8 Å². The van der Waals surface area contributed by atoms with Crippen LogP contribution in [-0.2, 0) is 0 Å². The number of carbonyl (C=O) groups is 1. The molecular formula is C14H19N5O. The highest BCUT2D eigenvalue weighted by Gasteiger charge is 2.33. The molecule has 6 heteroatoms. The molecule has 0 unspecified atom stereocenters. The van der Waals surface area contributed by atoms with Gasteiger partial charge >= 0.3 is 0 Å². The number of hydrogen-bond acceptors (Lipinski definition) is 4. The fourth-order valence-corrected chi connectivity index (χ4v) is 2.59. The summed E-state index contributed by atoms with van der Waals surface area (Å²) in [5, 5.41) is 7.12. The summed E-state index contributed by atoms with van der Waals surface area (Å²) >= 11 is 0. The van der Waals surface area contributed by atoms with Gasteiger partial charge in [0.2, 0.25) is 0 Å². The van der Waals surface area contributed by atoms with E-state index < -0.39 is 0 Å². The molecule has 1 aliphatic carbocycles. The summed E-state index contributed by atoms with van der Waals surface area (Å²) in [6, 6.07) is 1.94. The topological polar surface area (TPSA) is 85.3 Å². The van der Waals surface area contributed by atoms with Crippen LogP contribution in [0.3, 0.4) is 0 Å². The number of rotatable bonds is 3. The van der Waals surface area contributed by atoms with Crippen molar-refractivity contribution in [2.75, 3.05) is 6.54 Å². The first-order chi connectivity index (χ1) is 9.48. The predicted molar refractivity (Wildman–Crippen MR) is 75.6 cm³/mol. The van der Waals surface area contributed by atoms with Gasteiger partial charge in [0.15, 0.2) is 5.65 Å². The van der Waals surface area contributed by atoms with Crippen molar-refractivity contribution >= 4 is 11.6 Å². The standard InChI is InChI=1S/C14H19N5O/c1-9-6-10(2)19-12(18-9)11(7-17-19)13(20)16-8-14(15)4-3-5-14/h6-7H,3-5,8,15H2,1-2H3,(H,16,20). The predicted octanol–water partition coefficient (Wildman–Crippen LogP) is 0.957. The third-order valence-electron chi connectivity index (χ3n) is 3.97. The van der Waals surface area contributed by atoms with Crippen LogP contribution in [0.4, 0.5) is 0 Å². The molecule has 0 radical (unpaired) electrons. The molecule has 2 heterocycles. The van der Waals surface area contributed by atoms with Crippen LogP contribution in [-0.4, -0.2) is 32.6 Å². The van der Waals surface area contributed by atoms with Gasteiger partial charge in [-0.25, -0.2) is 9.50 Å². The Balaban J connectivity index is 1.84. The summed E-state index contributed by atoms with van der Waals surface area (Å²) in [7, 11) is 0. The molecule has 20 heavy (non-hydrogen) atoms. The van der Waals surface area contributed by atoms with E-state index in [-0.39, 0.29) is 11.4 Å². The van der Waals surface area contributed by atoms with E-state index in [9.17, 15) is 4.79 Å². The number of amides is 1. The van der Waals surface area contributed by atoms with E-state index in [2.05, 4.69) is 15.4 Å². The van der Waals surface area contributed by atoms with Gasteiger partial charge in [-0.05, 0) is 39.2 Å². The molecule has 106 valence electrons. The molecule has 2 aromatic rings. The fraction of sp³-hybridized carbons (Fsp3) is 0.500. The molecule has 3 rings (SSSR count). The molecule has 6 nitrogen and oxygen atoms in total. The molecule has 0 atom stereocenters. The van der Waals surface area contributed by atoms with Gasteiger partial charge in [-0.3, -0.25) is 4.79 Å². The second-order valence-corrected chi connectivity index (χ2v) is 5.73. The Kier molecular flexibility index (Phi) is 2.97. The van der Waals surface area contributed by atoms with Crippen molar-refractivity contribution in [3.63, 3.8) is 0 Å². The third-order valence-corrected chi connectivity index (χ3v) is 3.97. The van der Waals surface area contributed by atoms with Crippen LogP contribution in [0.1, 0.15) is 41.0 Å². The smallest absolute Gasteiger partial charge is 0.256 e. The second kappa shape index (κ2) is 4.56. The van der Waals surface area contributed by atoms with Crippen molar-refractivity contribution < 1.29 is 4.79 Å². The van der Waals surface area contributed by atoms with Crippen molar-refractivity contribution in [2.45, 2.75) is 38.6 Å². The average molecular weight is 273 g/mol. The summed E-state index contributed by atoms with van der Waals surface area (Å²) in [5.41, 5.74) is 8.82. The molecule has 1 amide bonds. The maximum absolute atomic E-state index is 12.3. The largest absolute Gasteiger partial charge is 0.350 e. The number of hydrogen-bond donors (Lipinski definition) is 2. The first kappa shape index (κ1) is 13.1. The van der Waals surface area contributed by atoms with Crippen LogP contribution >= 0.6 is 0 Å². The first-order valence-corrected chi connectivity index (χ1v) is 6.88. The number of carbonyl (C=O) groups excluding carboxylic acids is 1. The van der Waals surface area contributed by atoms with Gasteiger partial charge in [0, 0.05) is 23.5 Å². The van der Waals surface area contributed by atoms with E-state index in [4.69, 9.17) is 5.73 Å². The average Bonchev–Trinajstić information content (AvgIpc) is 2.77. The maximum atomic E-state index is 12.3. The Hall–Kier alpha value is -1.95. The van der Waals surface area contributed by atoms with E-state index in [1.807, 2.05) is 19.9 Å². The molecule has 3 N–H and O–H groups in total. The van der Waals surface area contributed by atoms with Crippen LogP contribution in [0.25, 0.3) is 5.65 Å². The van der Waals surface area contributed by atoms with Crippen molar-refractivity contribution in [3.8, 4) is 0 Å². The molecule has 0 saturated heterocycles. The Morgan fingerprint density at radius 3 is 2.90 bits per heavy atom. The van der Waals surface area contributed by atoms with Crippen molar-refractivity contribution in [1.82, 2.24) is 19.9 Å². The van der Waals surface area contributed by atoms with Gasteiger partial charge in [0.1, 0.15) is 5.56 Å². The van der Waals surface area contributed by atoms with Crippen molar-refractivity contribution in [3.05, 3.63) is 29.2 Å². The quantitative estimate of drug-likeness (QED) is 0.872. The van der Waals surface area contributed by atoms with E-state index in [1.54, 1.807) is 10.7 Å². The summed E-state index contributed by atoms with van der Waals surface area (Å²) in [6.07, 6.45) is 4.65. The summed E-state index contributed by atoms with van der Waals surface area (Å²) in [6.45, 7) is 4.36. The molecule has 1 fully saturated rings. The van der Waals surface area contributed by atoms with E-state index in [1.165, 1.54) is 0 Å². The lowest BCUT2D eigenvalue weighted by Gasteiger charge is -2.38. The van der Waals surface area contributed by atoms with Crippen LogP contribution < -0.4 is 11.1 Å². The minimum atomic E-state index is -0.224. The van der Waals surface area contributed by atoms with Gasteiger partial charge < -0.3 is 11.1 Å². The number of fused-ring (bicyclic) bond motifs is 1. The SMILES string of the molecule is Cc1cc(C)n2ncc(C(=O)NCC3(N)CCC3)c2n1. The lowest BCUT2D eigenvalue weighted by Crippen LogP contribution is -2.54. The number of aryl methyl sites for hydroxylation is 2. The van der Waals surface area contributed by atoms with Gasteiger partial charge in [-0.15, -0.1) is 0 Å². The van der Waals surface area contributed by atoms with Gasteiger partial charge in [-0.2, -0.15) is 5.10 Å². The molecular weight excluding hydrogens is 254 g/mol. The highest BCUT2D eigenvalue weighted by Crippen LogP contribution is 2.28. The molecule has 1 aliphatic rings. The molecule has 0 spiro atoms. The van der Waals surface area contributed by atoms with Crippen LogP contribution in [0, 0.1) is 13.8 Å². The van der Waals surface area contributed by atoms with Gasteiger partial charge in [-0.1, -0.05) is 0 Å². The summed E-state index contributed by atoms with van der Waals surface area (Å²) < 4.78 is 1.68. The molecule has 0 bridgehead atoms. The molecule has 0 aliphatic heterocycles. The van der Waals surface area contributed by atoms with Crippen molar-refractivity contribution in [1.29, 1.82) is 0 Å². The third kappa shape index (κ3) is 2.16. The minimum absolute atomic E-state index is 0.158. The van der Waals surface area contributed by atoms with Crippen LogP contribution in [0.15, 0.2) is 12.3 Å². The lowest BCUT2D eigenvalue weighted by molar-refractivity contribution is 0.0931. The Labute approximate surface area is 117 Å². The highest BCUT2D eigenvalue weighted by molar-refractivity contribution is 5.99. The first-order valence-electron chi connectivity index (χ1n) is 6.88. The normalized spacial score (nSPS) is 16.9. The molecule has 0 aromatic carbocycles.